The standard InChI is InChI=1S/C15H26N2S/c1-15(2,3)11-6-4-5-7-13(11)17-10-14-12(16)8-9-18-14/h8-9,11,13,17H,4-7,10,16H2,1-3H3. The van der Waals surface area contributed by atoms with Crippen molar-refractivity contribution in [1.82, 2.24) is 5.32 Å². The van der Waals surface area contributed by atoms with Gasteiger partial charge in [0.2, 0.25) is 0 Å². The molecule has 1 aliphatic carbocycles. The van der Waals surface area contributed by atoms with Gasteiger partial charge in [-0.3, -0.25) is 0 Å². The van der Waals surface area contributed by atoms with Gasteiger partial charge in [-0.2, -0.15) is 0 Å². The van der Waals surface area contributed by atoms with Gasteiger partial charge in [-0.1, -0.05) is 33.6 Å². The Morgan fingerprint density at radius 2 is 2.06 bits per heavy atom. The van der Waals surface area contributed by atoms with E-state index < -0.39 is 0 Å². The van der Waals surface area contributed by atoms with Crippen molar-refractivity contribution in [2.75, 3.05) is 5.73 Å². The highest BCUT2D eigenvalue weighted by atomic mass is 32.1. The Morgan fingerprint density at radius 1 is 1.33 bits per heavy atom. The molecule has 0 aliphatic heterocycles. The van der Waals surface area contributed by atoms with Crippen LogP contribution < -0.4 is 11.1 Å². The molecule has 2 atom stereocenters. The average Bonchev–Trinajstić information content (AvgIpc) is 2.71. The first-order valence-electron chi connectivity index (χ1n) is 7.03. The van der Waals surface area contributed by atoms with Gasteiger partial charge in [0.25, 0.3) is 0 Å². The van der Waals surface area contributed by atoms with Crippen LogP contribution in [-0.4, -0.2) is 6.04 Å². The molecule has 3 N–H and O–H groups in total. The summed E-state index contributed by atoms with van der Waals surface area (Å²) in [4.78, 5) is 1.29. The number of nitrogens with two attached hydrogens (primary N) is 1. The van der Waals surface area contributed by atoms with E-state index in [1.807, 2.05) is 6.07 Å². The van der Waals surface area contributed by atoms with Crippen molar-refractivity contribution in [3.63, 3.8) is 0 Å². The van der Waals surface area contributed by atoms with E-state index in [4.69, 9.17) is 5.73 Å². The molecule has 102 valence electrons. The van der Waals surface area contributed by atoms with Gasteiger partial charge in [-0.15, -0.1) is 11.3 Å². The molecule has 2 rings (SSSR count). The lowest BCUT2D eigenvalue weighted by atomic mass is 9.69. The van der Waals surface area contributed by atoms with Gasteiger partial charge in [0.05, 0.1) is 0 Å². The first kappa shape index (κ1) is 13.9. The monoisotopic (exact) mass is 266 g/mol. The van der Waals surface area contributed by atoms with Crippen LogP contribution in [0.4, 0.5) is 5.69 Å². The fourth-order valence-corrected chi connectivity index (χ4v) is 3.88. The normalized spacial score (nSPS) is 25.3. The number of rotatable bonds is 3. The topological polar surface area (TPSA) is 38.0 Å². The average molecular weight is 266 g/mol. The molecule has 0 aromatic carbocycles. The largest absolute Gasteiger partial charge is 0.398 e. The molecule has 0 radical (unpaired) electrons. The van der Waals surface area contributed by atoms with Crippen molar-refractivity contribution in [1.29, 1.82) is 0 Å². The van der Waals surface area contributed by atoms with Crippen LogP contribution in [0, 0.1) is 11.3 Å². The van der Waals surface area contributed by atoms with Crippen LogP contribution in [0.15, 0.2) is 11.4 Å². The van der Waals surface area contributed by atoms with E-state index in [-0.39, 0.29) is 0 Å². The molecule has 18 heavy (non-hydrogen) atoms. The van der Waals surface area contributed by atoms with E-state index >= 15 is 0 Å². The van der Waals surface area contributed by atoms with E-state index in [0.29, 0.717) is 11.5 Å². The molecule has 2 nitrogen and oxygen atoms in total. The summed E-state index contributed by atoms with van der Waals surface area (Å²) in [6.07, 6.45) is 5.43. The van der Waals surface area contributed by atoms with Crippen LogP contribution in [-0.2, 0) is 6.54 Å². The van der Waals surface area contributed by atoms with E-state index in [2.05, 4.69) is 31.5 Å². The van der Waals surface area contributed by atoms with Crippen LogP contribution in [0.5, 0.6) is 0 Å². The second-order valence-electron chi connectivity index (χ2n) is 6.54. The third-order valence-electron chi connectivity index (χ3n) is 4.18. The molecule has 0 spiro atoms. The zero-order valence-electron chi connectivity index (χ0n) is 11.8. The summed E-state index contributed by atoms with van der Waals surface area (Å²) in [5, 5.41) is 5.83. The summed E-state index contributed by atoms with van der Waals surface area (Å²) >= 11 is 1.76. The molecule has 1 aromatic heterocycles. The number of hydrogen-bond acceptors (Lipinski definition) is 3. The smallest absolute Gasteiger partial charge is 0.0468 e. The molecule has 2 unspecified atom stereocenters. The molecule has 1 saturated carbocycles. The van der Waals surface area contributed by atoms with Gasteiger partial charge in [0, 0.05) is 23.2 Å². The molecular formula is C15H26N2S. The second kappa shape index (κ2) is 5.62. The van der Waals surface area contributed by atoms with Crippen LogP contribution >= 0.6 is 11.3 Å². The predicted molar refractivity (Wildman–Crippen MR) is 80.8 cm³/mol. The Morgan fingerprint density at radius 3 is 2.67 bits per heavy atom. The highest BCUT2D eigenvalue weighted by molar-refractivity contribution is 7.10. The molecule has 0 amide bonds. The third kappa shape index (κ3) is 3.27. The molecular weight excluding hydrogens is 240 g/mol. The predicted octanol–water partition coefficient (Wildman–Crippen LogP) is 4.02. The van der Waals surface area contributed by atoms with Crippen LogP contribution in [0.2, 0.25) is 0 Å². The molecule has 1 aromatic rings. The minimum atomic E-state index is 0.402. The lowest BCUT2D eigenvalue weighted by molar-refractivity contribution is 0.130. The molecule has 1 aliphatic rings. The number of anilines is 1. The van der Waals surface area contributed by atoms with Gasteiger partial charge >= 0.3 is 0 Å². The zero-order valence-corrected chi connectivity index (χ0v) is 12.6. The molecule has 0 bridgehead atoms. The number of hydrogen-bond donors (Lipinski definition) is 2. The third-order valence-corrected chi connectivity index (χ3v) is 5.12. The lowest BCUT2D eigenvalue weighted by Crippen LogP contribution is -2.43. The minimum absolute atomic E-state index is 0.402. The summed E-state index contributed by atoms with van der Waals surface area (Å²) in [5.41, 5.74) is 7.29. The summed E-state index contributed by atoms with van der Waals surface area (Å²) < 4.78 is 0. The Kier molecular flexibility index (Phi) is 4.33. The Hall–Kier alpha value is -0.540. The maximum atomic E-state index is 5.95. The zero-order chi connectivity index (χ0) is 13.2. The van der Waals surface area contributed by atoms with Gasteiger partial charge in [-0.25, -0.2) is 0 Å². The van der Waals surface area contributed by atoms with E-state index in [1.54, 1.807) is 11.3 Å². The SMILES string of the molecule is CC(C)(C)C1CCCCC1NCc1sccc1N. The van der Waals surface area contributed by atoms with Crippen LogP contribution in [0.1, 0.15) is 51.3 Å². The Labute approximate surface area is 115 Å². The Bertz CT molecular complexity index is 378. The summed E-state index contributed by atoms with van der Waals surface area (Å²) in [6.45, 7) is 8.05. The molecule has 1 fully saturated rings. The number of nitrogens with one attached hydrogen (secondary N) is 1. The maximum Gasteiger partial charge on any atom is 0.0468 e. The van der Waals surface area contributed by atoms with Crippen molar-refractivity contribution >= 4 is 17.0 Å². The number of nitrogen functional groups attached to an aromatic ring is 1. The van der Waals surface area contributed by atoms with Gasteiger partial charge in [0.1, 0.15) is 0 Å². The highest BCUT2D eigenvalue weighted by Gasteiger charge is 2.33. The minimum Gasteiger partial charge on any atom is -0.398 e. The summed E-state index contributed by atoms with van der Waals surface area (Å²) in [7, 11) is 0. The highest BCUT2D eigenvalue weighted by Crippen LogP contribution is 2.38. The van der Waals surface area contributed by atoms with Crippen LogP contribution in [0.3, 0.4) is 0 Å². The Balaban J connectivity index is 1.96. The van der Waals surface area contributed by atoms with Crippen molar-refractivity contribution in [2.24, 2.45) is 11.3 Å². The first-order valence-corrected chi connectivity index (χ1v) is 7.91. The van der Waals surface area contributed by atoms with Crippen molar-refractivity contribution in [3.05, 3.63) is 16.3 Å². The van der Waals surface area contributed by atoms with E-state index in [0.717, 1.165) is 18.2 Å². The fraction of sp³-hybridized carbons (Fsp3) is 0.733. The molecule has 0 saturated heterocycles. The number of thiophene rings is 1. The molecule has 1 heterocycles. The van der Waals surface area contributed by atoms with Crippen molar-refractivity contribution < 1.29 is 0 Å². The molecule has 3 heteroatoms. The van der Waals surface area contributed by atoms with E-state index in [9.17, 15) is 0 Å². The van der Waals surface area contributed by atoms with Crippen molar-refractivity contribution in [3.8, 4) is 0 Å². The van der Waals surface area contributed by atoms with Crippen LogP contribution in [0.25, 0.3) is 0 Å². The van der Waals surface area contributed by atoms with E-state index in [1.165, 1.54) is 30.6 Å². The van der Waals surface area contributed by atoms with Gasteiger partial charge < -0.3 is 11.1 Å². The van der Waals surface area contributed by atoms with Gasteiger partial charge in [0.15, 0.2) is 0 Å². The summed E-state index contributed by atoms with van der Waals surface area (Å²) in [6, 6.07) is 2.66. The van der Waals surface area contributed by atoms with Crippen molar-refractivity contribution in [2.45, 2.75) is 59.0 Å². The second-order valence-corrected chi connectivity index (χ2v) is 7.54. The fourth-order valence-electron chi connectivity index (χ4n) is 3.13. The maximum absolute atomic E-state index is 5.95. The first-order chi connectivity index (χ1) is 8.48. The van der Waals surface area contributed by atoms with Gasteiger partial charge in [-0.05, 0) is 35.6 Å². The quantitative estimate of drug-likeness (QED) is 0.867. The lowest BCUT2D eigenvalue weighted by Gasteiger charge is -2.41. The summed E-state index contributed by atoms with van der Waals surface area (Å²) in [5.74, 6) is 0.785.